The van der Waals surface area contributed by atoms with E-state index >= 15 is 0 Å². The molecule has 2 amide bonds. The Morgan fingerprint density at radius 1 is 1.13 bits per heavy atom. The van der Waals surface area contributed by atoms with Gasteiger partial charge in [-0.25, -0.2) is 4.79 Å². The molecule has 156 valence electrons. The Morgan fingerprint density at radius 3 is 2.74 bits per heavy atom. The summed E-state index contributed by atoms with van der Waals surface area (Å²) in [4.78, 5) is 38.1. The SMILES string of the molecule is N#Cc1c(NC(=O)COC(=O)c2ccccc2NC(=O)c2ccco2)sc2c1CCC2. The van der Waals surface area contributed by atoms with Crippen molar-refractivity contribution in [3.8, 4) is 6.07 Å². The number of hydrogen-bond donors (Lipinski definition) is 2. The number of hydrogen-bond acceptors (Lipinski definition) is 7. The number of carbonyl (C=O) groups is 3. The number of amides is 2. The van der Waals surface area contributed by atoms with Gasteiger partial charge in [-0.1, -0.05) is 12.1 Å². The first-order valence-electron chi connectivity index (χ1n) is 9.52. The van der Waals surface area contributed by atoms with Crippen LogP contribution in [0.3, 0.4) is 0 Å². The Balaban J connectivity index is 1.39. The number of benzene rings is 1. The van der Waals surface area contributed by atoms with E-state index in [0.29, 0.717) is 10.6 Å². The van der Waals surface area contributed by atoms with Crippen LogP contribution in [0.15, 0.2) is 47.1 Å². The fourth-order valence-electron chi connectivity index (χ4n) is 3.34. The van der Waals surface area contributed by atoms with Crippen LogP contribution in [-0.2, 0) is 22.4 Å². The Bertz CT molecular complexity index is 1190. The van der Waals surface area contributed by atoms with E-state index < -0.39 is 24.4 Å². The summed E-state index contributed by atoms with van der Waals surface area (Å²) in [6.07, 6.45) is 4.12. The Hall–Kier alpha value is -3.90. The molecular weight excluding hydrogens is 418 g/mol. The molecule has 9 heteroatoms. The van der Waals surface area contributed by atoms with Crippen molar-refractivity contribution in [3.63, 3.8) is 0 Å². The van der Waals surface area contributed by atoms with Crippen LogP contribution in [0.1, 0.15) is 43.3 Å². The largest absolute Gasteiger partial charge is 0.459 e. The van der Waals surface area contributed by atoms with Crippen molar-refractivity contribution >= 4 is 39.8 Å². The molecule has 0 unspecified atom stereocenters. The molecule has 0 bridgehead atoms. The molecule has 1 aromatic carbocycles. The zero-order chi connectivity index (χ0) is 21.8. The number of furan rings is 1. The summed E-state index contributed by atoms with van der Waals surface area (Å²) < 4.78 is 10.2. The number of ether oxygens (including phenoxy) is 1. The molecule has 2 N–H and O–H groups in total. The van der Waals surface area contributed by atoms with Crippen molar-refractivity contribution in [2.24, 2.45) is 0 Å². The number of nitrogens with one attached hydrogen (secondary N) is 2. The molecule has 0 aliphatic heterocycles. The van der Waals surface area contributed by atoms with Crippen molar-refractivity contribution in [1.82, 2.24) is 0 Å². The molecule has 0 radical (unpaired) electrons. The zero-order valence-electron chi connectivity index (χ0n) is 16.3. The quantitative estimate of drug-likeness (QED) is 0.569. The van der Waals surface area contributed by atoms with E-state index in [0.717, 1.165) is 29.7 Å². The molecule has 0 spiro atoms. The standard InChI is InChI=1S/C22H17N3O5S/c23-11-15-13-6-3-9-18(13)31-21(15)25-19(26)12-30-22(28)14-5-1-2-7-16(14)24-20(27)17-8-4-10-29-17/h1-2,4-5,7-8,10H,3,6,9,12H2,(H,24,27)(H,25,26). The number of rotatable bonds is 6. The third-order valence-electron chi connectivity index (χ3n) is 4.76. The number of nitriles is 1. The van der Waals surface area contributed by atoms with Crippen molar-refractivity contribution in [2.75, 3.05) is 17.2 Å². The van der Waals surface area contributed by atoms with Gasteiger partial charge >= 0.3 is 5.97 Å². The molecular formula is C22H17N3O5S. The van der Waals surface area contributed by atoms with Crippen LogP contribution in [-0.4, -0.2) is 24.4 Å². The lowest BCUT2D eigenvalue weighted by molar-refractivity contribution is -0.119. The van der Waals surface area contributed by atoms with Gasteiger partial charge in [-0.15, -0.1) is 11.3 Å². The Kier molecular flexibility index (Phi) is 5.82. The molecule has 2 heterocycles. The highest BCUT2D eigenvalue weighted by Gasteiger charge is 2.23. The molecule has 3 aromatic rings. The van der Waals surface area contributed by atoms with Gasteiger partial charge in [0.25, 0.3) is 11.8 Å². The molecule has 0 saturated heterocycles. The first-order chi connectivity index (χ1) is 15.1. The number of thiophene rings is 1. The Labute approximate surface area is 181 Å². The molecule has 8 nitrogen and oxygen atoms in total. The fraction of sp³-hybridized carbons (Fsp3) is 0.182. The van der Waals surface area contributed by atoms with Gasteiger partial charge in [0.05, 0.1) is 23.1 Å². The summed E-state index contributed by atoms with van der Waals surface area (Å²) in [7, 11) is 0. The topological polar surface area (TPSA) is 121 Å². The highest BCUT2D eigenvalue weighted by molar-refractivity contribution is 7.16. The molecule has 4 rings (SSSR count). The van der Waals surface area contributed by atoms with Crippen LogP contribution in [0.4, 0.5) is 10.7 Å². The van der Waals surface area contributed by atoms with Gasteiger partial charge in [-0.3, -0.25) is 9.59 Å². The summed E-state index contributed by atoms with van der Waals surface area (Å²) in [6.45, 7) is -0.521. The van der Waals surface area contributed by atoms with E-state index in [1.807, 2.05) is 0 Å². The second-order valence-corrected chi connectivity index (χ2v) is 7.88. The van der Waals surface area contributed by atoms with Crippen LogP contribution in [0, 0.1) is 11.3 Å². The first kappa shape index (κ1) is 20.4. The van der Waals surface area contributed by atoms with Gasteiger partial charge in [0.1, 0.15) is 11.1 Å². The number of nitrogens with zero attached hydrogens (tertiary/aromatic N) is 1. The van der Waals surface area contributed by atoms with Crippen LogP contribution >= 0.6 is 11.3 Å². The summed E-state index contributed by atoms with van der Waals surface area (Å²) >= 11 is 1.39. The molecule has 1 aliphatic rings. The summed E-state index contributed by atoms with van der Waals surface area (Å²) in [5, 5.41) is 15.1. The normalized spacial score (nSPS) is 12.0. The maximum absolute atomic E-state index is 12.5. The van der Waals surface area contributed by atoms with Crippen molar-refractivity contribution in [2.45, 2.75) is 19.3 Å². The van der Waals surface area contributed by atoms with E-state index in [1.165, 1.54) is 29.7 Å². The van der Waals surface area contributed by atoms with Gasteiger partial charge < -0.3 is 19.8 Å². The summed E-state index contributed by atoms with van der Waals surface area (Å²) in [5.74, 6) is -1.72. The second-order valence-electron chi connectivity index (χ2n) is 6.77. The average molecular weight is 435 g/mol. The third kappa shape index (κ3) is 4.34. The minimum Gasteiger partial charge on any atom is -0.459 e. The van der Waals surface area contributed by atoms with Gasteiger partial charge in [0, 0.05) is 4.88 Å². The van der Waals surface area contributed by atoms with Crippen molar-refractivity contribution in [1.29, 1.82) is 5.26 Å². The van der Waals surface area contributed by atoms with E-state index in [9.17, 15) is 19.6 Å². The minimum atomic E-state index is -0.764. The van der Waals surface area contributed by atoms with Crippen LogP contribution in [0.25, 0.3) is 0 Å². The maximum atomic E-state index is 12.5. The number of fused-ring (bicyclic) bond motifs is 1. The van der Waals surface area contributed by atoms with Gasteiger partial charge in [0.2, 0.25) is 0 Å². The molecule has 2 aromatic heterocycles. The third-order valence-corrected chi connectivity index (χ3v) is 5.97. The molecule has 0 saturated carbocycles. The van der Waals surface area contributed by atoms with Crippen LogP contribution in [0.5, 0.6) is 0 Å². The van der Waals surface area contributed by atoms with E-state index in [1.54, 1.807) is 24.3 Å². The number of anilines is 2. The maximum Gasteiger partial charge on any atom is 0.340 e. The summed E-state index contributed by atoms with van der Waals surface area (Å²) in [5.41, 5.74) is 1.82. The number of para-hydroxylation sites is 1. The zero-order valence-corrected chi connectivity index (χ0v) is 17.1. The van der Waals surface area contributed by atoms with Crippen LogP contribution in [0.2, 0.25) is 0 Å². The van der Waals surface area contributed by atoms with E-state index in [2.05, 4.69) is 16.7 Å². The average Bonchev–Trinajstić information content (AvgIpc) is 3.50. The molecule has 0 atom stereocenters. The van der Waals surface area contributed by atoms with E-state index in [4.69, 9.17) is 9.15 Å². The molecule has 0 fully saturated rings. The number of carbonyl (C=O) groups excluding carboxylic acids is 3. The van der Waals surface area contributed by atoms with Crippen molar-refractivity contribution < 1.29 is 23.5 Å². The highest BCUT2D eigenvalue weighted by atomic mass is 32.1. The fourth-order valence-corrected chi connectivity index (χ4v) is 4.60. The van der Waals surface area contributed by atoms with Crippen molar-refractivity contribution in [3.05, 3.63) is 70.0 Å². The lowest BCUT2D eigenvalue weighted by atomic mass is 10.1. The lowest BCUT2D eigenvalue weighted by Gasteiger charge is -2.10. The smallest absolute Gasteiger partial charge is 0.340 e. The minimum absolute atomic E-state index is 0.0960. The van der Waals surface area contributed by atoms with Crippen LogP contribution < -0.4 is 10.6 Å². The van der Waals surface area contributed by atoms with Gasteiger partial charge in [-0.05, 0) is 49.1 Å². The first-order valence-corrected chi connectivity index (χ1v) is 10.3. The highest BCUT2D eigenvalue weighted by Crippen LogP contribution is 2.38. The molecule has 1 aliphatic carbocycles. The van der Waals surface area contributed by atoms with E-state index in [-0.39, 0.29) is 17.0 Å². The number of aryl methyl sites for hydroxylation is 1. The molecule has 31 heavy (non-hydrogen) atoms. The van der Waals surface area contributed by atoms with Gasteiger partial charge in [-0.2, -0.15) is 5.26 Å². The summed E-state index contributed by atoms with van der Waals surface area (Å²) in [6, 6.07) is 11.5. The lowest BCUT2D eigenvalue weighted by Crippen LogP contribution is -2.22. The Morgan fingerprint density at radius 2 is 1.97 bits per heavy atom. The predicted octanol–water partition coefficient (Wildman–Crippen LogP) is 3.75. The van der Waals surface area contributed by atoms with Gasteiger partial charge in [0.15, 0.2) is 12.4 Å². The predicted molar refractivity (Wildman–Crippen MR) is 113 cm³/mol. The second kappa shape index (κ2) is 8.85. The monoisotopic (exact) mass is 435 g/mol. The number of esters is 1.